The summed E-state index contributed by atoms with van der Waals surface area (Å²) >= 11 is 0. The molecule has 0 spiro atoms. The maximum absolute atomic E-state index is 13.3. The maximum Gasteiger partial charge on any atom is 0.410 e. The number of hydrogen-bond donors (Lipinski definition) is 0. The molecule has 4 aromatic carbocycles. The number of carbonyl (C=O) groups excluding carboxylic acids is 3. The van der Waals surface area contributed by atoms with Crippen LogP contribution < -0.4 is 0 Å². The van der Waals surface area contributed by atoms with Crippen molar-refractivity contribution in [1.82, 2.24) is 9.80 Å². The molecule has 0 heterocycles. The van der Waals surface area contributed by atoms with Crippen LogP contribution in [0, 0.1) is 0 Å². The van der Waals surface area contributed by atoms with Gasteiger partial charge in [-0.05, 0) is 22.3 Å². The van der Waals surface area contributed by atoms with Gasteiger partial charge in [-0.15, -0.1) is 0 Å². The van der Waals surface area contributed by atoms with Crippen LogP contribution in [0.15, 0.2) is 121 Å². The van der Waals surface area contributed by atoms with Crippen LogP contribution in [0.2, 0.25) is 0 Å². The van der Waals surface area contributed by atoms with Crippen molar-refractivity contribution in [1.29, 1.82) is 0 Å². The third-order valence-corrected chi connectivity index (χ3v) is 6.09. The van der Waals surface area contributed by atoms with Crippen LogP contribution in [0.4, 0.5) is 9.59 Å². The molecule has 4 aromatic rings. The number of ketones is 1. The van der Waals surface area contributed by atoms with Gasteiger partial charge in [0.1, 0.15) is 13.2 Å². The third kappa shape index (κ3) is 9.13. The first-order chi connectivity index (χ1) is 19.6. The summed E-state index contributed by atoms with van der Waals surface area (Å²) in [5, 5.41) is 0. The number of Topliss-reactive ketones (excluding diaryl/α,β-unsaturated/α-hetero) is 1. The van der Waals surface area contributed by atoms with Crippen LogP contribution in [0.3, 0.4) is 0 Å². The quantitative estimate of drug-likeness (QED) is 0.214. The Kier molecular flexibility index (Phi) is 10.5. The molecule has 0 aliphatic carbocycles. The molecule has 0 radical (unpaired) electrons. The third-order valence-electron chi connectivity index (χ3n) is 6.09. The first-order valence-corrected chi connectivity index (χ1v) is 13.1. The minimum absolute atomic E-state index is 0.0884. The zero-order chi connectivity index (χ0) is 28.0. The number of amides is 2. The van der Waals surface area contributed by atoms with Gasteiger partial charge >= 0.3 is 12.2 Å². The molecule has 4 rings (SSSR count). The highest BCUT2D eigenvalue weighted by Crippen LogP contribution is 2.12. The van der Waals surface area contributed by atoms with Crippen LogP contribution in [0.25, 0.3) is 0 Å². The zero-order valence-corrected chi connectivity index (χ0v) is 22.2. The van der Waals surface area contributed by atoms with E-state index in [1.54, 1.807) is 0 Å². The molecule has 0 bridgehead atoms. The van der Waals surface area contributed by atoms with E-state index in [1.807, 2.05) is 121 Å². The predicted molar refractivity (Wildman–Crippen MR) is 152 cm³/mol. The van der Waals surface area contributed by atoms with Crippen LogP contribution >= 0.6 is 0 Å². The summed E-state index contributed by atoms with van der Waals surface area (Å²) in [5.41, 5.74) is 3.40. The van der Waals surface area contributed by atoms with Gasteiger partial charge < -0.3 is 9.47 Å². The van der Waals surface area contributed by atoms with Gasteiger partial charge in [0.25, 0.3) is 0 Å². The Labute approximate surface area is 234 Å². The summed E-state index contributed by atoms with van der Waals surface area (Å²) in [6.07, 6.45) is -1.22. The van der Waals surface area contributed by atoms with Crippen molar-refractivity contribution in [2.45, 2.75) is 26.3 Å². The highest BCUT2D eigenvalue weighted by molar-refractivity contribution is 5.88. The molecule has 0 unspecified atom stereocenters. The van der Waals surface area contributed by atoms with E-state index in [0.717, 1.165) is 22.3 Å². The lowest BCUT2D eigenvalue weighted by Gasteiger charge is -2.25. The number of carbonyl (C=O) groups is 3. The molecule has 7 nitrogen and oxygen atoms in total. The Hall–Kier alpha value is -4.91. The van der Waals surface area contributed by atoms with Gasteiger partial charge in [-0.2, -0.15) is 0 Å². The van der Waals surface area contributed by atoms with Gasteiger partial charge in [-0.25, -0.2) is 9.59 Å². The number of rotatable bonds is 12. The molecule has 0 fully saturated rings. The van der Waals surface area contributed by atoms with Crippen molar-refractivity contribution in [3.63, 3.8) is 0 Å². The maximum atomic E-state index is 13.3. The largest absolute Gasteiger partial charge is 0.445 e. The van der Waals surface area contributed by atoms with Gasteiger partial charge in [-0.3, -0.25) is 14.6 Å². The average molecular weight is 537 g/mol. The topological polar surface area (TPSA) is 76.2 Å². The van der Waals surface area contributed by atoms with E-state index in [0.29, 0.717) is 0 Å². The fourth-order valence-electron chi connectivity index (χ4n) is 4.07. The van der Waals surface area contributed by atoms with Gasteiger partial charge in [-0.1, -0.05) is 121 Å². The minimum atomic E-state index is -0.609. The van der Waals surface area contributed by atoms with Crippen LogP contribution in [0.1, 0.15) is 22.3 Å². The molecule has 0 aliphatic heterocycles. The zero-order valence-electron chi connectivity index (χ0n) is 22.2. The molecule has 0 saturated carbocycles. The van der Waals surface area contributed by atoms with E-state index >= 15 is 0 Å². The van der Waals surface area contributed by atoms with E-state index in [-0.39, 0.29) is 45.2 Å². The van der Waals surface area contributed by atoms with Crippen LogP contribution in [-0.4, -0.2) is 40.9 Å². The summed E-state index contributed by atoms with van der Waals surface area (Å²) < 4.78 is 11.1. The van der Waals surface area contributed by atoms with Crippen LogP contribution in [0.5, 0.6) is 0 Å². The lowest BCUT2D eigenvalue weighted by atomic mass is 10.2. The molecule has 204 valence electrons. The van der Waals surface area contributed by atoms with Gasteiger partial charge in [0.05, 0.1) is 13.1 Å². The van der Waals surface area contributed by atoms with Crippen molar-refractivity contribution in [3.8, 4) is 0 Å². The Balaban J connectivity index is 1.44. The van der Waals surface area contributed by atoms with Crippen molar-refractivity contribution >= 4 is 18.0 Å². The Morgan fingerprint density at radius 1 is 0.450 bits per heavy atom. The second kappa shape index (κ2) is 14.9. The van der Waals surface area contributed by atoms with Gasteiger partial charge in [0, 0.05) is 13.1 Å². The fourth-order valence-corrected chi connectivity index (χ4v) is 4.07. The molecular weight excluding hydrogens is 504 g/mol. The summed E-state index contributed by atoms with van der Waals surface area (Å²) in [6, 6.07) is 37.5. The summed E-state index contributed by atoms with van der Waals surface area (Å²) in [4.78, 5) is 42.2. The SMILES string of the molecule is O=C(CN(Cc1ccccc1)C(=O)OCc1ccccc1)CN(Cc1ccccc1)C(=O)OCc1ccccc1. The summed E-state index contributed by atoms with van der Waals surface area (Å²) in [7, 11) is 0. The van der Waals surface area contributed by atoms with E-state index in [1.165, 1.54) is 9.80 Å². The summed E-state index contributed by atoms with van der Waals surface area (Å²) in [6.45, 7) is 0.115. The lowest BCUT2D eigenvalue weighted by Crippen LogP contribution is -2.42. The molecule has 40 heavy (non-hydrogen) atoms. The number of ether oxygens (including phenoxy) is 2. The molecule has 0 aliphatic rings. The Morgan fingerprint density at radius 3 is 1.07 bits per heavy atom. The first kappa shape index (κ1) is 28.1. The normalized spacial score (nSPS) is 10.4. The van der Waals surface area contributed by atoms with Gasteiger partial charge in [0.2, 0.25) is 0 Å². The summed E-state index contributed by atoms with van der Waals surface area (Å²) in [5.74, 6) is -0.319. The van der Waals surface area contributed by atoms with E-state index in [9.17, 15) is 14.4 Å². The van der Waals surface area contributed by atoms with E-state index in [4.69, 9.17) is 9.47 Å². The smallest absolute Gasteiger partial charge is 0.410 e. The number of hydrogen-bond acceptors (Lipinski definition) is 5. The average Bonchev–Trinajstić information content (AvgIpc) is 3.00. The number of benzene rings is 4. The van der Waals surface area contributed by atoms with E-state index in [2.05, 4.69) is 0 Å². The Bertz CT molecular complexity index is 1240. The molecule has 0 N–H and O–H groups in total. The van der Waals surface area contributed by atoms with Crippen molar-refractivity contribution < 1.29 is 23.9 Å². The highest BCUT2D eigenvalue weighted by Gasteiger charge is 2.24. The molecule has 0 aromatic heterocycles. The van der Waals surface area contributed by atoms with Crippen molar-refractivity contribution in [3.05, 3.63) is 144 Å². The molecule has 7 heteroatoms. The van der Waals surface area contributed by atoms with Gasteiger partial charge in [0.15, 0.2) is 5.78 Å². The Morgan fingerprint density at radius 2 is 0.750 bits per heavy atom. The first-order valence-electron chi connectivity index (χ1n) is 13.1. The minimum Gasteiger partial charge on any atom is -0.445 e. The second-order valence-corrected chi connectivity index (χ2v) is 9.30. The monoisotopic (exact) mass is 536 g/mol. The predicted octanol–water partition coefficient (Wildman–Crippen LogP) is 6.23. The van der Waals surface area contributed by atoms with Crippen molar-refractivity contribution in [2.24, 2.45) is 0 Å². The fraction of sp³-hybridized carbons (Fsp3) is 0.182. The molecule has 2 amide bonds. The van der Waals surface area contributed by atoms with E-state index < -0.39 is 12.2 Å². The van der Waals surface area contributed by atoms with Crippen molar-refractivity contribution in [2.75, 3.05) is 13.1 Å². The number of nitrogens with zero attached hydrogens (tertiary/aromatic N) is 2. The standard InChI is InChI=1S/C33H32N2O5/c36-31(23-34(21-27-13-5-1-6-14-27)32(37)39-25-29-17-9-3-10-18-29)24-35(22-28-15-7-2-8-16-28)33(38)40-26-30-19-11-4-12-20-30/h1-20H,21-26H2. The highest BCUT2D eigenvalue weighted by atomic mass is 16.6. The lowest BCUT2D eigenvalue weighted by molar-refractivity contribution is -0.121. The second-order valence-electron chi connectivity index (χ2n) is 9.30. The van der Waals surface area contributed by atoms with Crippen LogP contribution in [-0.2, 0) is 40.6 Å². The molecule has 0 saturated heterocycles. The molecule has 0 atom stereocenters. The molecular formula is C33H32N2O5.